The number of carbonyl (C=O) groups is 1. The van der Waals surface area contributed by atoms with Gasteiger partial charge < -0.3 is 4.74 Å². The zero-order chi connectivity index (χ0) is 18.6. The molecule has 0 radical (unpaired) electrons. The first-order chi connectivity index (χ1) is 12.5. The lowest BCUT2D eigenvalue weighted by molar-refractivity contribution is 0.0600. The number of hydrogen-bond donors (Lipinski definition) is 0. The number of hydrogen-bond acceptors (Lipinski definition) is 6. The standard InChI is InChI=1S/C18H20N2O4S2/c1-24-18(21)15-6-4-14(5-7-15)13-25-17-9-8-16(12-19-17)26(22,23)20-10-2-3-11-20/h4-9,12H,2-3,10-11,13H2,1H3. The molecule has 1 aromatic heterocycles. The lowest BCUT2D eigenvalue weighted by atomic mass is 10.1. The minimum atomic E-state index is -3.42. The van der Waals surface area contributed by atoms with Gasteiger partial charge in [0.1, 0.15) is 4.90 Å². The van der Waals surface area contributed by atoms with Gasteiger partial charge in [-0.2, -0.15) is 4.31 Å². The molecule has 1 aromatic carbocycles. The summed E-state index contributed by atoms with van der Waals surface area (Å²) in [5.41, 5.74) is 1.55. The number of ether oxygens (including phenoxy) is 1. The smallest absolute Gasteiger partial charge is 0.337 e. The van der Waals surface area contributed by atoms with Crippen LogP contribution in [0.2, 0.25) is 0 Å². The van der Waals surface area contributed by atoms with Gasteiger partial charge >= 0.3 is 5.97 Å². The van der Waals surface area contributed by atoms with Crippen LogP contribution in [0.25, 0.3) is 0 Å². The van der Waals surface area contributed by atoms with Gasteiger partial charge in [-0.05, 0) is 42.7 Å². The molecule has 26 heavy (non-hydrogen) atoms. The summed E-state index contributed by atoms with van der Waals surface area (Å²) in [4.78, 5) is 15.9. The molecule has 0 unspecified atom stereocenters. The molecule has 0 N–H and O–H groups in total. The van der Waals surface area contributed by atoms with Crippen molar-refractivity contribution < 1.29 is 17.9 Å². The number of methoxy groups -OCH3 is 1. The highest BCUT2D eigenvalue weighted by molar-refractivity contribution is 7.98. The minimum absolute atomic E-state index is 0.242. The van der Waals surface area contributed by atoms with Gasteiger partial charge in [-0.3, -0.25) is 0 Å². The lowest BCUT2D eigenvalue weighted by Gasteiger charge is -2.15. The number of benzene rings is 1. The van der Waals surface area contributed by atoms with Crippen molar-refractivity contribution in [2.45, 2.75) is 28.5 Å². The lowest BCUT2D eigenvalue weighted by Crippen LogP contribution is -2.27. The first-order valence-corrected chi connectivity index (χ1v) is 10.7. The number of thioether (sulfide) groups is 1. The summed E-state index contributed by atoms with van der Waals surface area (Å²) in [5, 5.41) is 0.752. The van der Waals surface area contributed by atoms with Gasteiger partial charge in [0.2, 0.25) is 10.0 Å². The highest BCUT2D eigenvalue weighted by Crippen LogP contribution is 2.24. The van der Waals surface area contributed by atoms with Gasteiger partial charge in [-0.15, -0.1) is 11.8 Å². The third kappa shape index (κ3) is 4.25. The molecule has 3 rings (SSSR count). The molecule has 0 spiro atoms. The average molecular weight is 393 g/mol. The highest BCUT2D eigenvalue weighted by Gasteiger charge is 2.27. The quantitative estimate of drug-likeness (QED) is 0.556. The van der Waals surface area contributed by atoms with Crippen molar-refractivity contribution in [3.63, 3.8) is 0 Å². The van der Waals surface area contributed by atoms with E-state index in [9.17, 15) is 13.2 Å². The van der Waals surface area contributed by atoms with Gasteiger partial charge in [0.05, 0.1) is 17.7 Å². The fourth-order valence-electron chi connectivity index (χ4n) is 2.69. The summed E-state index contributed by atoms with van der Waals surface area (Å²) in [6.45, 7) is 1.17. The van der Waals surface area contributed by atoms with E-state index in [0.29, 0.717) is 24.4 Å². The number of nitrogens with zero attached hydrogens (tertiary/aromatic N) is 2. The van der Waals surface area contributed by atoms with Crippen LogP contribution < -0.4 is 0 Å². The van der Waals surface area contributed by atoms with E-state index >= 15 is 0 Å². The number of sulfonamides is 1. The number of esters is 1. The summed E-state index contributed by atoms with van der Waals surface area (Å²) in [6, 6.07) is 10.5. The largest absolute Gasteiger partial charge is 0.465 e. The molecule has 0 atom stereocenters. The number of carbonyl (C=O) groups excluding carboxylic acids is 1. The van der Waals surface area contributed by atoms with Crippen LogP contribution in [0.4, 0.5) is 0 Å². The zero-order valence-corrected chi connectivity index (χ0v) is 16.1. The molecule has 0 aliphatic carbocycles. The Balaban J connectivity index is 1.62. The SMILES string of the molecule is COC(=O)c1ccc(CSc2ccc(S(=O)(=O)N3CCCC3)cn2)cc1. The van der Waals surface area contributed by atoms with Crippen molar-refractivity contribution in [3.8, 4) is 0 Å². The molecule has 8 heteroatoms. The van der Waals surface area contributed by atoms with Crippen LogP contribution in [0, 0.1) is 0 Å². The molecule has 6 nitrogen and oxygen atoms in total. The number of aromatic nitrogens is 1. The maximum absolute atomic E-state index is 12.5. The molecular weight excluding hydrogens is 372 g/mol. The van der Waals surface area contributed by atoms with Crippen LogP contribution >= 0.6 is 11.8 Å². The van der Waals surface area contributed by atoms with Crippen LogP contribution in [0.15, 0.2) is 52.5 Å². The number of pyridine rings is 1. The Kier molecular flexibility index (Phi) is 5.95. The van der Waals surface area contributed by atoms with Crippen LogP contribution in [0.1, 0.15) is 28.8 Å². The molecule has 0 saturated carbocycles. The van der Waals surface area contributed by atoms with E-state index in [-0.39, 0.29) is 10.9 Å². The van der Waals surface area contributed by atoms with E-state index < -0.39 is 10.0 Å². The Morgan fingerprint density at radius 2 is 1.85 bits per heavy atom. The summed E-state index contributed by atoms with van der Waals surface area (Å²) in [5.74, 6) is 0.313. The van der Waals surface area contributed by atoms with Crippen LogP contribution in [-0.2, 0) is 20.5 Å². The monoisotopic (exact) mass is 392 g/mol. The van der Waals surface area contributed by atoms with E-state index in [1.807, 2.05) is 12.1 Å². The predicted molar refractivity (Wildman–Crippen MR) is 99.6 cm³/mol. The molecule has 1 fully saturated rings. The van der Waals surface area contributed by atoms with Crippen LogP contribution in [0.3, 0.4) is 0 Å². The second kappa shape index (κ2) is 8.20. The van der Waals surface area contributed by atoms with Crippen LogP contribution in [-0.4, -0.2) is 43.9 Å². The van der Waals surface area contributed by atoms with Crippen molar-refractivity contribution >= 4 is 27.8 Å². The van der Waals surface area contributed by atoms with Crippen molar-refractivity contribution in [2.75, 3.05) is 20.2 Å². The third-order valence-electron chi connectivity index (χ3n) is 4.17. The molecule has 138 valence electrons. The molecule has 0 amide bonds. The maximum atomic E-state index is 12.5. The van der Waals surface area contributed by atoms with Gasteiger partial charge in [-0.25, -0.2) is 18.2 Å². The van der Waals surface area contributed by atoms with Crippen molar-refractivity contribution in [2.24, 2.45) is 0 Å². The van der Waals surface area contributed by atoms with E-state index in [2.05, 4.69) is 9.72 Å². The summed E-state index contributed by atoms with van der Waals surface area (Å²) >= 11 is 1.51. The Hall–Kier alpha value is -1.90. The molecule has 2 aromatic rings. The second-order valence-corrected chi connectivity index (χ2v) is 8.85. The first kappa shape index (κ1) is 18.9. The van der Waals surface area contributed by atoms with E-state index in [0.717, 1.165) is 23.4 Å². The highest BCUT2D eigenvalue weighted by atomic mass is 32.2. The maximum Gasteiger partial charge on any atom is 0.337 e. The van der Waals surface area contributed by atoms with Crippen LogP contribution in [0.5, 0.6) is 0 Å². The van der Waals surface area contributed by atoms with Gasteiger partial charge in [-0.1, -0.05) is 12.1 Å². The summed E-state index contributed by atoms with van der Waals surface area (Å²) < 4.78 is 31.1. The zero-order valence-electron chi connectivity index (χ0n) is 14.4. The summed E-state index contributed by atoms with van der Waals surface area (Å²) in [6.07, 6.45) is 3.25. The Bertz CT molecular complexity index is 859. The molecule has 1 saturated heterocycles. The van der Waals surface area contributed by atoms with Crippen molar-refractivity contribution in [1.82, 2.24) is 9.29 Å². The Morgan fingerprint density at radius 3 is 2.42 bits per heavy atom. The molecule has 1 aliphatic heterocycles. The second-order valence-electron chi connectivity index (χ2n) is 5.92. The summed E-state index contributed by atoms with van der Waals surface area (Å²) in [7, 11) is -2.07. The fourth-order valence-corrected chi connectivity index (χ4v) is 4.96. The molecule has 0 bridgehead atoms. The Morgan fingerprint density at radius 1 is 1.15 bits per heavy atom. The fraction of sp³-hybridized carbons (Fsp3) is 0.333. The number of rotatable bonds is 6. The Labute approximate surface area is 157 Å². The first-order valence-electron chi connectivity index (χ1n) is 8.27. The average Bonchev–Trinajstić information content (AvgIpc) is 3.22. The molecule has 2 heterocycles. The van der Waals surface area contributed by atoms with Gasteiger partial charge in [0.15, 0.2) is 0 Å². The molecular formula is C18H20N2O4S2. The van der Waals surface area contributed by atoms with Crippen molar-refractivity contribution in [3.05, 3.63) is 53.7 Å². The van der Waals surface area contributed by atoms with Gasteiger partial charge in [0, 0.05) is 25.0 Å². The third-order valence-corrected chi connectivity index (χ3v) is 7.07. The predicted octanol–water partition coefficient (Wildman–Crippen LogP) is 2.95. The van der Waals surface area contributed by atoms with E-state index in [1.54, 1.807) is 24.3 Å². The van der Waals surface area contributed by atoms with E-state index in [1.165, 1.54) is 29.4 Å². The molecule has 1 aliphatic rings. The topological polar surface area (TPSA) is 76.6 Å². The van der Waals surface area contributed by atoms with E-state index in [4.69, 9.17) is 0 Å². The minimum Gasteiger partial charge on any atom is -0.465 e. The normalized spacial score (nSPS) is 15.1. The van der Waals surface area contributed by atoms with Gasteiger partial charge in [0.25, 0.3) is 0 Å². The van der Waals surface area contributed by atoms with Crippen molar-refractivity contribution in [1.29, 1.82) is 0 Å².